The molecule has 4 aliphatic rings. The summed E-state index contributed by atoms with van der Waals surface area (Å²) in [4.78, 5) is 0. The average Bonchev–Trinajstić information content (AvgIpc) is 2.82. The normalized spacial score (nSPS) is 50.5. The summed E-state index contributed by atoms with van der Waals surface area (Å²) in [7, 11) is 0. The van der Waals surface area contributed by atoms with Crippen molar-refractivity contribution in [3.63, 3.8) is 0 Å². The van der Waals surface area contributed by atoms with Crippen molar-refractivity contribution in [3.8, 4) is 0 Å². The fourth-order valence-electron chi connectivity index (χ4n) is 6.89. The van der Waals surface area contributed by atoms with Crippen molar-refractivity contribution in [1.29, 1.82) is 0 Å². The van der Waals surface area contributed by atoms with Gasteiger partial charge in [-0.15, -0.1) is 0 Å². The maximum Gasteiger partial charge on any atom is 0.0596 e. The Kier molecular flexibility index (Phi) is 3.39. The molecular formula is C21H32O. The molecule has 4 rings (SSSR count). The van der Waals surface area contributed by atoms with Gasteiger partial charge in [0.15, 0.2) is 0 Å². The van der Waals surface area contributed by atoms with Gasteiger partial charge >= 0.3 is 0 Å². The summed E-state index contributed by atoms with van der Waals surface area (Å²) in [5.74, 6) is 2.45. The third kappa shape index (κ3) is 1.81. The lowest BCUT2D eigenvalue weighted by Gasteiger charge is -2.57. The Balaban J connectivity index is 1.74. The van der Waals surface area contributed by atoms with Gasteiger partial charge in [-0.05, 0) is 92.4 Å². The van der Waals surface area contributed by atoms with Crippen LogP contribution in [0.3, 0.4) is 0 Å². The number of aliphatic hydroxyl groups excluding tert-OH is 1. The van der Waals surface area contributed by atoms with Crippen LogP contribution in [0.4, 0.5) is 0 Å². The summed E-state index contributed by atoms with van der Waals surface area (Å²) < 4.78 is 0. The van der Waals surface area contributed by atoms with Gasteiger partial charge in [0, 0.05) is 0 Å². The first-order valence-electron chi connectivity index (χ1n) is 9.57. The molecule has 0 heterocycles. The molecule has 0 bridgehead atoms. The minimum Gasteiger partial charge on any atom is -0.393 e. The zero-order valence-corrected chi connectivity index (χ0v) is 14.6. The third-order valence-electron chi connectivity index (χ3n) is 8.28. The molecule has 4 aliphatic carbocycles. The second kappa shape index (κ2) is 4.97. The van der Waals surface area contributed by atoms with E-state index in [0.717, 1.165) is 24.2 Å². The van der Waals surface area contributed by atoms with E-state index in [-0.39, 0.29) is 11.5 Å². The SMILES string of the molecule is CC[C@]12CCC(C)=CC1=CC[C@@H]1[C@H]2CC[C@]2(C)C(O)CC[C@@H]12. The van der Waals surface area contributed by atoms with E-state index in [0.29, 0.717) is 5.41 Å². The first kappa shape index (κ1) is 15.0. The van der Waals surface area contributed by atoms with Gasteiger partial charge in [0.05, 0.1) is 6.10 Å². The molecule has 1 heteroatoms. The molecule has 6 atom stereocenters. The van der Waals surface area contributed by atoms with Gasteiger partial charge in [-0.1, -0.05) is 31.6 Å². The molecule has 2 saturated carbocycles. The molecule has 1 N–H and O–H groups in total. The molecule has 0 aromatic carbocycles. The first-order valence-corrected chi connectivity index (χ1v) is 9.57. The summed E-state index contributed by atoms with van der Waals surface area (Å²) in [5.41, 5.74) is 3.91. The molecule has 0 saturated heterocycles. The summed E-state index contributed by atoms with van der Waals surface area (Å²) >= 11 is 0. The van der Waals surface area contributed by atoms with Crippen LogP contribution >= 0.6 is 0 Å². The molecule has 1 nitrogen and oxygen atoms in total. The molecular weight excluding hydrogens is 268 g/mol. The van der Waals surface area contributed by atoms with Crippen LogP contribution in [0.15, 0.2) is 23.3 Å². The molecule has 0 aromatic rings. The van der Waals surface area contributed by atoms with E-state index in [4.69, 9.17) is 0 Å². The van der Waals surface area contributed by atoms with Crippen molar-refractivity contribution in [3.05, 3.63) is 23.3 Å². The summed E-state index contributed by atoms with van der Waals surface area (Å²) in [6, 6.07) is 0. The van der Waals surface area contributed by atoms with Gasteiger partial charge < -0.3 is 5.11 Å². The van der Waals surface area contributed by atoms with Crippen LogP contribution in [-0.4, -0.2) is 11.2 Å². The predicted molar refractivity (Wildman–Crippen MR) is 91.5 cm³/mol. The summed E-state index contributed by atoms with van der Waals surface area (Å²) in [5, 5.41) is 10.5. The van der Waals surface area contributed by atoms with Crippen molar-refractivity contribution in [2.45, 2.75) is 78.2 Å². The molecule has 0 aromatic heterocycles. The fraction of sp³-hybridized carbons (Fsp3) is 0.810. The molecule has 2 fully saturated rings. The van der Waals surface area contributed by atoms with Crippen LogP contribution in [0.5, 0.6) is 0 Å². The summed E-state index contributed by atoms with van der Waals surface area (Å²) in [6.45, 7) is 7.11. The smallest absolute Gasteiger partial charge is 0.0596 e. The second-order valence-corrected chi connectivity index (χ2v) is 8.91. The van der Waals surface area contributed by atoms with Gasteiger partial charge in [-0.3, -0.25) is 0 Å². The van der Waals surface area contributed by atoms with Crippen molar-refractivity contribution >= 4 is 0 Å². The molecule has 0 aliphatic heterocycles. The molecule has 22 heavy (non-hydrogen) atoms. The van der Waals surface area contributed by atoms with Crippen LogP contribution < -0.4 is 0 Å². The van der Waals surface area contributed by atoms with Gasteiger partial charge in [0.2, 0.25) is 0 Å². The number of rotatable bonds is 1. The Labute approximate surface area is 135 Å². The van der Waals surface area contributed by atoms with E-state index in [1.165, 1.54) is 44.9 Å². The third-order valence-corrected chi connectivity index (χ3v) is 8.28. The number of fused-ring (bicyclic) bond motifs is 5. The lowest BCUT2D eigenvalue weighted by atomic mass is 9.47. The Morgan fingerprint density at radius 3 is 2.77 bits per heavy atom. The zero-order chi connectivity index (χ0) is 15.5. The fourth-order valence-corrected chi connectivity index (χ4v) is 6.89. The minimum absolute atomic E-state index is 0.0464. The van der Waals surface area contributed by atoms with Crippen molar-refractivity contribution in [2.75, 3.05) is 0 Å². The van der Waals surface area contributed by atoms with Crippen LogP contribution in [-0.2, 0) is 0 Å². The van der Waals surface area contributed by atoms with Crippen LogP contribution in [0, 0.1) is 28.6 Å². The monoisotopic (exact) mass is 300 g/mol. The van der Waals surface area contributed by atoms with E-state index in [9.17, 15) is 5.11 Å². The first-order chi connectivity index (χ1) is 10.5. The topological polar surface area (TPSA) is 20.2 Å². The zero-order valence-electron chi connectivity index (χ0n) is 14.6. The molecule has 0 amide bonds. The Morgan fingerprint density at radius 1 is 1.18 bits per heavy atom. The van der Waals surface area contributed by atoms with Crippen LogP contribution in [0.2, 0.25) is 0 Å². The number of aliphatic hydroxyl groups is 1. The lowest BCUT2D eigenvalue weighted by Crippen LogP contribution is -2.50. The van der Waals surface area contributed by atoms with E-state index < -0.39 is 0 Å². The highest BCUT2D eigenvalue weighted by atomic mass is 16.3. The average molecular weight is 300 g/mol. The number of hydrogen-bond acceptors (Lipinski definition) is 1. The lowest BCUT2D eigenvalue weighted by molar-refractivity contribution is -0.0673. The van der Waals surface area contributed by atoms with Gasteiger partial charge in [-0.2, -0.15) is 0 Å². The van der Waals surface area contributed by atoms with Gasteiger partial charge in [-0.25, -0.2) is 0 Å². The predicted octanol–water partition coefficient (Wildman–Crippen LogP) is 5.26. The Bertz CT molecular complexity index is 530. The molecule has 122 valence electrons. The van der Waals surface area contributed by atoms with Crippen LogP contribution in [0.1, 0.15) is 72.1 Å². The van der Waals surface area contributed by atoms with Gasteiger partial charge in [0.25, 0.3) is 0 Å². The number of allylic oxidation sites excluding steroid dienone is 4. The molecule has 0 radical (unpaired) electrons. The molecule has 1 unspecified atom stereocenters. The number of hydrogen-bond donors (Lipinski definition) is 1. The van der Waals surface area contributed by atoms with Gasteiger partial charge in [0.1, 0.15) is 0 Å². The van der Waals surface area contributed by atoms with Crippen molar-refractivity contribution in [2.24, 2.45) is 28.6 Å². The standard InChI is InChI=1S/C21H32O/c1-4-21-12-9-14(2)13-15(21)5-6-16-17-7-8-19(22)20(17,3)11-10-18(16)21/h5,13,16-19,22H,4,6-12H2,1-3H3/t16-,17-,18+,19?,20-,21-/m0/s1. The minimum atomic E-state index is -0.0464. The highest BCUT2D eigenvalue weighted by molar-refractivity contribution is 5.37. The van der Waals surface area contributed by atoms with Crippen molar-refractivity contribution in [1.82, 2.24) is 0 Å². The largest absolute Gasteiger partial charge is 0.393 e. The van der Waals surface area contributed by atoms with Crippen molar-refractivity contribution < 1.29 is 5.11 Å². The maximum absolute atomic E-state index is 10.5. The highest BCUT2D eigenvalue weighted by Gasteiger charge is 2.58. The van der Waals surface area contributed by atoms with E-state index in [1.807, 2.05) is 0 Å². The van der Waals surface area contributed by atoms with E-state index in [2.05, 4.69) is 32.9 Å². The highest BCUT2D eigenvalue weighted by Crippen LogP contribution is 2.65. The van der Waals surface area contributed by atoms with E-state index in [1.54, 1.807) is 11.1 Å². The summed E-state index contributed by atoms with van der Waals surface area (Å²) in [6.07, 6.45) is 15.2. The quantitative estimate of drug-likeness (QED) is 0.700. The Hall–Kier alpha value is -0.560. The second-order valence-electron chi connectivity index (χ2n) is 8.91. The molecule has 0 spiro atoms. The maximum atomic E-state index is 10.5. The Morgan fingerprint density at radius 2 is 2.00 bits per heavy atom. The van der Waals surface area contributed by atoms with E-state index >= 15 is 0 Å². The van der Waals surface area contributed by atoms with Crippen LogP contribution in [0.25, 0.3) is 0 Å².